The summed E-state index contributed by atoms with van der Waals surface area (Å²) in [6.07, 6.45) is -0.365. The summed E-state index contributed by atoms with van der Waals surface area (Å²) in [5.41, 5.74) is 6.30. The molecule has 9 heteroatoms. The summed E-state index contributed by atoms with van der Waals surface area (Å²) in [5, 5.41) is 6.63. The zero-order chi connectivity index (χ0) is 23.3. The smallest absolute Gasteiger partial charge is 0.407 e. The predicted molar refractivity (Wildman–Crippen MR) is 117 cm³/mol. The normalized spacial score (nSPS) is 15.5. The van der Waals surface area contributed by atoms with Gasteiger partial charge in [0.2, 0.25) is 0 Å². The average Bonchev–Trinajstić information content (AvgIpc) is 3.17. The van der Waals surface area contributed by atoms with E-state index < -0.39 is 23.4 Å². The highest BCUT2D eigenvalue weighted by Crippen LogP contribution is 2.31. The average molecular weight is 443 g/mol. The van der Waals surface area contributed by atoms with Gasteiger partial charge in [0.05, 0.1) is 17.8 Å². The molecule has 0 aromatic heterocycles. The van der Waals surface area contributed by atoms with Crippen molar-refractivity contribution in [3.8, 4) is 16.9 Å². The largest absolute Gasteiger partial charge is 0.489 e. The molecule has 0 radical (unpaired) electrons. The highest BCUT2D eigenvalue weighted by molar-refractivity contribution is 5.93. The maximum absolute atomic E-state index is 14.2. The Hall–Kier alpha value is -3.62. The summed E-state index contributed by atoms with van der Waals surface area (Å²) in [4.78, 5) is 28.4. The number of ether oxygens (including phenoxy) is 2. The Balaban J connectivity index is 1.56. The van der Waals surface area contributed by atoms with E-state index in [2.05, 4.69) is 10.5 Å². The van der Waals surface area contributed by atoms with Gasteiger partial charge in [0, 0.05) is 12.0 Å². The van der Waals surface area contributed by atoms with Crippen LogP contribution < -0.4 is 15.8 Å². The number of nitrogens with zero attached hydrogens (tertiary/aromatic N) is 1. The van der Waals surface area contributed by atoms with E-state index in [0.717, 1.165) is 0 Å². The first-order valence-corrected chi connectivity index (χ1v) is 10.1. The Morgan fingerprint density at radius 3 is 2.69 bits per heavy atom. The number of hydrogen-bond acceptors (Lipinski definition) is 6. The lowest BCUT2D eigenvalue weighted by Gasteiger charge is -2.19. The van der Waals surface area contributed by atoms with E-state index in [-0.39, 0.29) is 24.8 Å². The molecule has 0 aliphatic carbocycles. The quantitative estimate of drug-likeness (QED) is 0.679. The first-order chi connectivity index (χ1) is 15.1. The van der Waals surface area contributed by atoms with Crippen LogP contribution in [0.3, 0.4) is 0 Å². The minimum atomic E-state index is -0.825. The van der Waals surface area contributed by atoms with Crippen LogP contribution in [0.15, 0.2) is 47.6 Å². The molecule has 1 aliphatic heterocycles. The monoisotopic (exact) mass is 443 g/mol. The van der Waals surface area contributed by atoms with Crippen LogP contribution in [0, 0.1) is 5.82 Å². The number of rotatable bonds is 7. The minimum Gasteiger partial charge on any atom is -0.489 e. The Kier molecular flexibility index (Phi) is 6.97. The lowest BCUT2D eigenvalue weighted by molar-refractivity contribution is 0.0472. The molecule has 1 heterocycles. The predicted octanol–water partition coefficient (Wildman–Crippen LogP) is 3.64. The number of amides is 2. The number of primary amides is 1. The van der Waals surface area contributed by atoms with Gasteiger partial charge in [-0.2, -0.15) is 0 Å². The lowest BCUT2D eigenvalue weighted by Crippen LogP contribution is -2.35. The molecule has 0 fully saturated rings. The number of halogens is 1. The first-order valence-electron chi connectivity index (χ1n) is 10.1. The van der Waals surface area contributed by atoms with Crippen LogP contribution >= 0.6 is 0 Å². The third-order valence-electron chi connectivity index (χ3n) is 4.49. The topological polar surface area (TPSA) is 112 Å². The molecule has 0 spiro atoms. The van der Waals surface area contributed by atoms with Gasteiger partial charge in [0.1, 0.15) is 23.8 Å². The zero-order valence-corrected chi connectivity index (χ0v) is 18.2. The molecule has 2 aromatic rings. The van der Waals surface area contributed by atoms with Crippen molar-refractivity contribution < 1.29 is 28.3 Å². The zero-order valence-electron chi connectivity index (χ0n) is 18.2. The number of para-hydroxylation sites is 1. The van der Waals surface area contributed by atoms with Gasteiger partial charge in [-0.1, -0.05) is 29.4 Å². The van der Waals surface area contributed by atoms with Crippen molar-refractivity contribution >= 4 is 17.7 Å². The van der Waals surface area contributed by atoms with Crippen molar-refractivity contribution in [1.82, 2.24) is 5.32 Å². The Morgan fingerprint density at radius 1 is 1.25 bits per heavy atom. The van der Waals surface area contributed by atoms with Crippen molar-refractivity contribution in [1.29, 1.82) is 0 Å². The van der Waals surface area contributed by atoms with E-state index >= 15 is 0 Å². The molecule has 2 aromatic carbocycles. The summed E-state index contributed by atoms with van der Waals surface area (Å²) in [5.74, 6) is -0.990. The second-order valence-corrected chi connectivity index (χ2v) is 8.31. The molecule has 0 bridgehead atoms. The molecule has 1 unspecified atom stereocenters. The van der Waals surface area contributed by atoms with E-state index in [4.69, 9.17) is 20.0 Å². The fourth-order valence-corrected chi connectivity index (χ4v) is 3.06. The van der Waals surface area contributed by atoms with Gasteiger partial charge in [-0.25, -0.2) is 9.18 Å². The van der Waals surface area contributed by atoms with Crippen LogP contribution in [-0.2, 0) is 9.57 Å². The molecule has 2 amide bonds. The van der Waals surface area contributed by atoms with Gasteiger partial charge in [-0.3, -0.25) is 4.79 Å². The molecule has 3 N–H and O–H groups in total. The van der Waals surface area contributed by atoms with E-state index in [9.17, 15) is 14.0 Å². The summed E-state index contributed by atoms with van der Waals surface area (Å²) in [7, 11) is 0. The van der Waals surface area contributed by atoms with Gasteiger partial charge < -0.3 is 25.4 Å². The minimum absolute atomic E-state index is 0.170. The Morgan fingerprint density at radius 2 is 2.00 bits per heavy atom. The van der Waals surface area contributed by atoms with Gasteiger partial charge in [-0.05, 0) is 44.5 Å². The van der Waals surface area contributed by atoms with Crippen LogP contribution in [0.25, 0.3) is 11.1 Å². The van der Waals surface area contributed by atoms with Crippen LogP contribution in [0.1, 0.15) is 37.6 Å². The van der Waals surface area contributed by atoms with Gasteiger partial charge >= 0.3 is 6.09 Å². The van der Waals surface area contributed by atoms with E-state index in [1.54, 1.807) is 51.1 Å². The van der Waals surface area contributed by atoms with Crippen molar-refractivity contribution in [2.75, 3.05) is 13.2 Å². The molecule has 32 heavy (non-hydrogen) atoms. The third kappa shape index (κ3) is 6.19. The first kappa shape index (κ1) is 23.1. The molecular formula is C23H26FN3O5. The number of benzene rings is 2. The molecule has 8 nitrogen and oxygen atoms in total. The molecule has 170 valence electrons. The van der Waals surface area contributed by atoms with E-state index in [1.807, 2.05) is 0 Å². The molecule has 1 atom stereocenters. The second-order valence-electron chi connectivity index (χ2n) is 8.31. The summed E-state index contributed by atoms with van der Waals surface area (Å²) in [6.45, 7) is 5.78. The number of oxime groups is 1. The van der Waals surface area contributed by atoms with Gasteiger partial charge in [0.15, 0.2) is 6.10 Å². The fourth-order valence-electron chi connectivity index (χ4n) is 3.06. The van der Waals surface area contributed by atoms with Crippen molar-refractivity contribution in [3.63, 3.8) is 0 Å². The molecule has 3 rings (SSSR count). The highest BCUT2D eigenvalue weighted by atomic mass is 19.1. The van der Waals surface area contributed by atoms with Crippen LogP contribution in [0.4, 0.5) is 9.18 Å². The maximum atomic E-state index is 14.2. The number of carbonyl (C=O) groups is 2. The number of carbonyl (C=O) groups excluding carboxylic acids is 2. The summed E-state index contributed by atoms with van der Waals surface area (Å²) >= 11 is 0. The summed E-state index contributed by atoms with van der Waals surface area (Å²) < 4.78 is 25.3. The maximum Gasteiger partial charge on any atom is 0.407 e. The fraction of sp³-hybridized carbons (Fsp3) is 0.348. The molecule has 0 saturated heterocycles. The van der Waals surface area contributed by atoms with E-state index in [1.165, 1.54) is 12.1 Å². The number of nitrogens with two attached hydrogens (primary N) is 1. The van der Waals surface area contributed by atoms with Gasteiger partial charge in [0.25, 0.3) is 5.91 Å². The van der Waals surface area contributed by atoms with Crippen molar-refractivity contribution in [3.05, 3.63) is 53.8 Å². The number of alkyl carbamates (subject to hydrolysis) is 1. The van der Waals surface area contributed by atoms with Crippen LogP contribution in [0.2, 0.25) is 0 Å². The van der Waals surface area contributed by atoms with Gasteiger partial charge in [-0.15, -0.1) is 0 Å². The molecular weight excluding hydrogens is 417 g/mol. The standard InChI is InChI=1S/C23H26FN3O5/c1-23(2,3)31-22(29)26-12-15-11-16(32-27-15)13-30-20-7-5-4-6-17(20)14-8-9-18(21(25)28)19(24)10-14/h4-10,16H,11-13H2,1-3H3,(H2,25,28)(H,26,29). The van der Waals surface area contributed by atoms with Crippen LogP contribution in [-0.4, -0.2) is 42.6 Å². The number of hydrogen-bond donors (Lipinski definition) is 2. The van der Waals surface area contributed by atoms with E-state index in [0.29, 0.717) is 29.0 Å². The van der Waals surface area contributed by atoms with Crippen molar-refractivity contribution in [2.24, 2.45) is 10.9 Å². The second kappa shape index (κ2) is 9.67. The molecule has 0 saturated carbocycles. The number of nitrogens with one attached hydrogen (secondary N) is 1. The Labute approximate surface area is 185 Å². The Bertz CT molecular complexity index is 1030. The summed E-state index contributed by atoms with van der Waals surface area (Å²) in [6, 6.07) is 11.4. The van der Waals surface area contributed by atoms with Crippen molar-refractivity contribution in [2.45, 2.75) is 38.9 Å². The SMILES string of the molecule is CC(C)(C)OC(=O)NCC1=NOC(COc2ccccc2-c2ccc(C(N)=O)c(F)c2)C1. The highest BCUT2D eigenvalue weighted by Gasteiger charge is 2.24. The lowest BCUT2D eigenvalue weighted by atomic mass is 10.0. The van der Waals surface area contributed by atoms with Crippen LogP contribution in [0.5, 0.6) is 5.75 Å². The third-order valence-corrected chi connectivity index (χ3v) is 4.49. The molecule has 1 aliphatic rings.